The Morgan fingerprint density at radius 3 is 2.67 bits per heavy atom. The van der Waals surface area contributed by atoms with E-state index in [9.17, 15) is 4.79 Å². The fraction of sp³-hybridized carbons (Fsp3) is 0.933. The van der Waals surface area contributed by atoms with Gasteiger partial charge in [0.2, 0.25) is 5.91 Å². The molecular weight excluding hydrogens is 224 g/mol. The van der Waals surface area contributed by atoms with Crippen molar-refractivity contribution < 1.29 is 4.79 Å². The average Bonchev–Trinajstić information content (AvgIpc) is 2.45. The van der Waals surface area contributed by atoms with Gasteiger partial charge in [-0.2, -0.15) is 0 Å². The Balaban J connectivity index is 1.81. The number of hydrogen-bond acceptors (Lipinski definition) is 2. The Bertz CT molecular complexity index is 261. The van der Waals surface area contributed by atoms with Gasteiger partial charge < -0.3 is 10.2 Å². The van der Waals surface area contributed by atoms with Crippen molar-refractivity contribution in [2.45, 2.75) is 64.3 Å². The third-order valence-corrected chi connectivity index (χ3v) is 4.37. The predicted molar refractivity (Wildman–Crippen MR) is 74.5 cm³/mol. The van der Waals surface area contributed by atoms with Crippen LogP contribution in [0.3, 0.4) is 0 Å². The summed E-state index contributed by atoms with van der Waals surface area (Å²) in [5.41, 5.74) is 0. The van der Waals surface area contributed by atoms with E-state index in [0.29, 0.717) is 17.9 Å². The first-order valence-electron chi connectivity index (χ1n) is 7.83. The van der Waals surface area contributed by atoms with Crippen LogP contribution in [0.5, 0.6) is 0 Å². The third kappa shape index (κ3) is 3.71. The van der Waals surface area contributed by atoms with Crippen LogP contribution in [-0.4, -0.2) is 36.5 Å². The van der Waals surface area contributed by atoms with Gasteiger partial charge in [-0.15, -0.1) is 0 Å². The first-order valence-corrected chi connectivity index (χ1v) is 7.83. The second-order valence-corrected chi connectivity index (χ2v) is 5.91. The number of rotatable bonds is 4. The molecule has 1 aliphatic carbocycles. The number of amides is 1. The standard InChI is InChI=1S/C15H28N2O/c1-2-10-16-14-9-6-11-17(12-14)15(18)13-7-4-3-5-8-13/h13-14,16H,2-12H2,1H3. The van der Waals surface area contributed by atoms with Gasteiger partial charge in [0, 0.05) is 25.0 Å². The Kier molecular flexibility index (Phi) is 5.48. The number of nitrogens with one attached hydrogen (secondary N) is 1. The summed E-state index contributed by atoms with van der Waals surface area (Å²) in [6, 6.07) is 0.534. The minimum atomic E-state index is 0.337. The molecule has 0 aromatic carbocycles. The normalized spacial score (nSPS) is 26.3. The van der Waals surface area contributed by atoms with Crippen molar-refractivity contribution in [2.24, 2.45) is 5.92 Å². The zero-order valence-corrected chi connectivity index (χ0v) is 11.8. The van der Waals surface area contributed by atoms with Gasteiger partial charge in [0.1, 0.15) is 0 Å². The van der Waals surface area contributed by atoms with Gasteiger partial charge in [0.15, 0.2) is 0 Å². The van der Waals surface area contributed by atoms with E-state index >= 15 is 0 Å². The van der Waals surface area contributed by atoms with E-state index in [-0.39, 0.29) is 0 Å². The first-order chi connectivity index (χ1) is 8.81. The molecule has 0 aromatic heterocycles. The number of carbonyl (C=O) groups excluding carboxylic acids is 1. The number of likely N-dealkylation sites (tertiary alicyclic amines) is 1. The van der Waals surface area contributed by atoms with E-state index in [1.807, 2.05) is 0 Å². The Labute approximate surface area is 111 Å². The molecule has 1 amide bonds. The van der Waals surface area contributed by atoms with Gasteiger partial charge in [-0.25, -0.2) is 0 Å². The smallest absolute Gasteiger partial charge is 0.225 e. The van der Waals surface area contributed by atoms with Crippen molar-refractivity contribution >= 4 is 5.91 Å². The van der Waals surface area contributed by atoms with Crippen LogP contribution in [-0.2, 0) is 4.79 Å². The summed E-state index contributed by atoms with van der Waals surface area (Å²) < 4.78 is 0. The van der Waals surface area contributed by atoms with Crippen molar-refractivity contribution in [1.82, 2.24) is 10.2 Å². The fourth-order valence-electron chi connectivity index (χ4n) is 3.30. The fourth-order valence-corrected chi connectivity index (χ4v) is 3.30. The summed E-state index contributed by atoms with van der Waals surface area (Å²) in [6.07, 6.45) is 9.65. The molecule has 0 radical (unpaired) electrons. The van der Waals surface area contributed by atoms with Crippen molar-refractivity contribution in [3.63, 3.8) is 0 Å². The lowest BCUT2D eigenvalue weighted by atomic mass is 9.87. The maximum absolute atomic E-state index is 12.5. The highest BCUT2D eigenvalue weighted by molar-refractivity contribution is 5.79. The number of piperidine rings is 1. The van der Waals surface area contributed by atoms with E-state index in [0.717, 1.165) is 32.5 Å². The molecule has 18 heavy (non-hydrogen) atoms. The molecule has 104 valence electrons. The minimum Gasteiger partial charge on any atom is -0.341 e. The molecule has 1 N–H and O–H groups in total. The van der Waals surface area contributed by atoms with Crippen LogP contribution in [0.1, 0.15) is 58.3 Å². The summed E-state index contributed by atoms with van der Waals surface area (Å²) in [6.45, 7) is 5.20. The van der Waals surface area contributed by atoms with Crippen LogP contribution in [0.2, 0.25) is 0 Å². The van der Waals surface area contributed by atoms with Crippen LogP contribution < -0.4 is 5.32 Å². The van der Waals surface area contributed by atoms with E-state index in [1.54, 1.807) is 0 Å². The lowest BCUT2D eigenvalue weighted by Crippen LogP contribution is -2.50. The summed E-state index contributed by atoms with van der Waals surface area (Å²) >= 11 is 0. The molecule has 0 spiro atoms. The average molecular weight is 252 g/mol. The highest BCUT2D eigenvalue weighted by atomic mass is 16.2. The second-order valence-electron chi connectivity index (χ2n) is 5.91. The van der Waals surface area contributed by atoms with E-state index in [1.165, 1.54) is 38.5 Å². The van der Waals surface area contributed by atoms with Gasteiger partial charge in [-0.1, -0.05) is 26.2 Å². The highest BCUT2D eigenvalue weighted by Gasteiger charge is 2.29. The van der Waals surface area contributed by atoms with Crippen LogP contribution in [0.4, 0.5) is 0 Å². The number of hydrogen-bond donors (Lipinski definition) is 1. The van der Waals surface area contributed by atoms with Gasteiger partial charge in [-0.3, -0.25) is 4.79 Å². The number of carbonyl (C=O) groups is 1. The molecule has 2 aliphatic rings. The summed E-state index contributed by atoms with van der Waals surface area (Å²) in [7, 11) is 0. The first kappa shape index (κ1) is 13.9. The molecule has 1 saturated heterocycles. The van der Waals surface area contributed by atoms with Crippen LogP contribution in [0.25, 0.3) is 0 Å². The van der Waals surface area contributed by atoms with Crippen molar-refractivity contribution in [3.05, 3.63) is 0 Å². The van der Waals surface area contributed by atoms with Gasteiger partial charge in [-0.05, 0) is 38.6 Å². The van der Waals surface area contributed by atoms with Crippen LogP contribution in [0.15, 0.2) is 0 Å². The molecule has 1 atom stereocenters. The monoisotopic (exact) mass is 252 g/mol. The van der Waals surface area contributed by atoms with E-state index in [2.05, 4.69) is 17.1 Å². The summed E-state index contributed by atoms with van der Waals surface area (Å²) in [5.74, 6) is 0.779. The quantitative estimate of drug-likeness (QED) is 0.834. The lowest BCUT2D eigenvalue weighted by Gasteiger charge is -2.36. The van der Waals surface area contributed by atoms with Gasteiger partial charge in [0.25, 0.3) is 0 Å². The molecule has 0 bridgehead atoms. The topological polar surface area (TPSA) is 32.3 Å². The largest absolute Gasteiger partial charge is 0.341 e. The van der Waals surface area contributed by atoms with Gasteiger partial charge >= 0.3 is 0 Å². The zero-order valence-electron chi connectivity index (χ0n) is 11.8. The van der Waals surface area contributed by atoms with E-state index < -0.39 is 0 Å². The molecule has 3 nitrogen and oxygen atoms in total. The Morgan fingerprint density at radius 2 is 1.94 bits per heavy atom. The molecule has 2 fully saturated rings. The second kappa shape index (κ2) is 7.13. The summed E-state index contributed by atoms with van der Waals surface area (Å²) in [5, 5.41) is 3.57. The predicted octanol–water partition coefficient (Wildman–Crippen LogP) is 2.56. The highest BCUT2D eigenvalue weighted by Crippen LogP contribution is 2.26. The molecule has 1 aliphatic heterocycles. The van der Waals surface area contributed by atoms with Crippen LogP contribution >= 0.6 is 0 Å². The van der Waals surface area contributed by atoms with Gasteiger partial charge in [0.05, 0.1) is 0 Å². The number of nitrogens with zero attached hydrogens (tertiary/aromatic N) is 1. The maximum Gasteiger partial charge on any atom is 0.225 e. The maximum atomic E-state index is 12.5. The lowest BCUT2D eigenvalue weighted by molar-refractivity contribution is -0.137. The molecule has 2 rings (SSSR count). The van der Waals surface area contributed by atoms with E-state index in [4.69, 9.17) is 0 Å². The Hall–Kier alpha value is -0.570. The Morgan fingerprint density at radius 1 is 1.17 bits per heavy atom. The SMILES string of the molecule is CCCNC1CCCN(C(=O)C2CCCCC2)C1. The zero-order chi connectivity index (χ0) is 12.8. The molecule has 1 unspecified atom stereocenters. The van der Waals surface area contributed by atoms with Crippen molar-refractivity contribution in [3.8, 4) is 0 Å². The van der Waals surface area contributed by atoms with Crippen LogP contribution in [0, 0.1) is 5.92 Å². The van der Waals surface area contributed by atoms with Crippen molar-refractivity contribution in [1.29, 1.82) is 0 Å². The molecule has 1 saturated carbocycles. The molecule has 3 heteroatoms. The minimum absolute atomic E-state index is 0.337. The third-order valence-electron chi connectivity index (χ3n) is 4.37. The molecule has 0 aromatic rings. The summed E-state index contributed by atoms with van der Waals surface area (Å²) in [4.78, 5) is 14.6. The molecular formula is C15H28N2O. The van der Waals surface area contributed by atoms with Crippen molar-refractivity contribution in [2.75, 3.05) is 19.6 Å². The molecule has 1 heterocycles.